The molecule has 0 heterocycles. The molecule has 0 aliphatic carbocycles. The number of aromatic hydroxyl groups is 1. The Morgan fingerprint density at radius 2 is 2.11 bits per heavy atom. The Labute approximate surface area is 106 Å². The molecule has 1 atom stereocenters. The fourth-order valence-corrected chi connectivity index (χ4v) is 1.40. The second kappa shape index (κ2) is 5.79. The van der Waals surface area contributed by atoms with Crippen LogP contribution in [0.25, 0.3) is 0 Å². The molecule has 0 saturated carbocycles. The van der Waals surface area contributed by atoms with Crippen molar-refractivity contribution in [3.63, 3.8) is 0 Å². The predicted molar refractivity (Wildman–Crippen MR) is 58.4 cm³/mol. The van der Waals surface area contributed by atoms with Crippen LogP contribution in [0.1, 0.15) is 18.0 Å². The van der Waals surface area contributed by atoms with Gasteiger partial charge in [-0.3, -0.25) is 4.79 Å². The van der Waals surface area contributed by atoms with E-state index in [0.717, 1.165) is 25.3 Å². The van der Waals surface area contributed by atoms with Crippen molar-refractivity contribution in [2.24, 2.45) is 5.73 Å². The van der Waals surface area contributed by atoms with Crippen LogP contribution in [0.15, 0.2) is 18.2 Å². The number of hydrogen-bond donors (Lipinski definition) is 2. The molecular formula is C11H12F3NO4. The zero-order chi connectivity index (χ0) is 14.6. The molecule has 1 rings (SSSR count). The molecule has 1 unspecified atom stereocenters. The van der Waals surface area contributed by atoms with Gasteiger partial charge in [-0.2, -0.15) is 0 Å². The number of methoxy groups -OCH3 is 1. The maximum Gasteiger partial charge on any atom is 0.573 e. The molecule has 0 saturated heterocycles. The Morgan fingerprint density at radius 3 is 2.63 bits per heavy atom. The van der Waals surface area contributed by atoms with E-state index in [1.165, 1.54) is 0 Å². The largest absolute Gasteiger partial charge is 0.573 e. The number of carbonyl (C=O) groups excluding carboxylic acids is 1. The third-order valence-corrected chi connectivity index (χ3v) is 2.25. The van der Waals surface area contributed by atoms with Gasteiger partial charge in [-0.15, -0.1) is 13.2 Å². The number of alkyl halides is 3. The van der Waals surface area contributed by atoms with E-state index in [2.05, 4.69) is 9.47 Å². The molecule has 8 heteroatoms. The lowest BCUT2D eigenvalue weighted by Gasteiger charge is -2.15. The van der Waals surface area contributed by atoms with E-state index in [9.17, 15) is 23.1 Å². The third-order valence-electron chi connectivity index (χ3n) is 2.25. The summed E-state index contributed by atoms with van der Waals surface area (Å²) < 4.78 is 44.2. The highest BCUT2D eigenvalue weighted by Crippen LogP contribution is 2.31. The topological polar surface area (TPSA) is 81.8 Å². The summed E-state index contributed by atoms with van der Waals surface area (Å²) in [5, 5.41) is 9.52. The van der Waals surface area contributed by atoms with Crippen LogP contribution in [0.2, 0.25) is 0 Å². The number of carbonyl (C=O) groups is 1. The number of ether oxygens (including phenoxy) is 2. The molecule has 3 N–H and O–H groups in total. The van der Waals surface area contributed by atoms with Crippen LogP contribution in [0.3, 0.4) is 0 Å². The van der Waals surface area contributed by atoms with Gasteiger partial charge >= 0.3 is 12.3 Å². The number of nitrogens with two attached hydrogens (primary N) is 1. The van der Waals surface area contributed by atoms with Gasteiger partial charge in [-0.25, -0.2) is 0 Å². The zero-order valence-electron chi connectivity index (χ0n) is 9.90. The van der Waals surface area contributed by atoms with Crippen LogP contribution in [0.4, 0.5) is 13.2 Å². The van der Waals surface area contributed by atoms with Gasteiger partial charge in [-0.1, -0.05) is 0 Å². The van der Waals surface area contributed by atoms with E-state index in [1.54, 1.807) is 0 Å². The minimum Gasteiger partial charge on any atom is -0.508 e. The molecule has 106 valence electrons. The Balaban J connectivity index is 2.93. The first-order valence-electron chi connectivity index (χ1n) is 5.14. The molecule has 0 radical (unpaired) electrons. The van der Waals surface area contributed by atoms with Crippen molar-refractivity contribution < 1.29 is 32.5 Å². The molecule has 0 spiro atoms. The maximum absolute atomic E-state index is 12.0. The van der Waals surface area contributed by atoms with Crippen molar-refractivity contribution in [2.75, 3.05) is 7.11 Å². The van der Waals surface area contributed by atoms with Crippen LogP contribution in [0.5, 0.6) is 11.5 Å². The summed E-state index contributed by atoms with van der Waals surface area (Å²) in [5.41, 5.74) is 5.57. The molecule has 0 fully saturated rings. The zero-order valence-corrected chi connectivity index (χ0v) is 9.90. The molecule has 19 heavy (non-hydrogen) atoms. The van der Waals surface area contributed by atoms with Crippen molar-refractivity contribution in [3.05, 3.63) is 23.8 Å². The predicted octanol–water partition coefficient (Wildman–Crippen LogP) is 1.85. The van der Waals surface area contributed by atoms with Crippen LogP contribution in [0, 0.1) is 0 Å². The second-order valence-corrected chi connectivity index (χ2v) is 3.66. The van der Waals surface area contributed by atoms with E-state index in [1.807, 2.05) is 0 Å². The van der Waals surface area contributed by atoms with E-state index >= 15 is 0 Å². The highest BCUT2D eigenvalue weighted by atomic mass is 19.4. The normalized spacial score (nSPS) is 12.9. The summed E-state index contributed by atoms with van der Waals surface area (Å²) in [6, 6.07) is 1.88. The summed E-state index contributed by atoms with van der Waals surface area (Å²) in [7, 11) is 1.15. The fraction of sp³-hybridized carbons (Fsp3) is 0.364. The number of esters is 1. The molecule has 0 aliphatic rings. The quantitative estimate of drug-likeness (QED) is 0.822. The van der Waals surface area contributed by atoms with E-state index in [4.69, 9.17) is 5.73 Å². The Hall–Kier alpha value is -1.96. The number of phenols is 1. The molecule has 1 aromatic carbocycles. The number of benzene rings is 1. The average molecular weight is 279 g/mol. The lowest BCUT2D eigenvalue weighted by molar-refractivity contribution is -0.274. The standard InChI is InChI=1S/C11H12F3NO4/c1-18-10(17)5-8(15)7-4-6(2-3-9(7)16)19-11(12,13)14/h2-4,8,16H,5,15H2,1H3. The van der Waals surface area contributed by atoms with Crippen molar-refractivity contribution in [1.82, 2.24) is 0 Å². The summed E-state index contributed by atoms with van der Waals surface area (Å²) in [4.78, 5) is 11.0. The van der Waals surface area contributed by atoms with Gasteiger partial charge in [0.15, 0.2) is 0 Å². The fourth-order valence-electron chi connectivity index (χ4n) is 1.40. The summed E-state index contributed by atoms with van der Waals surface area (Å²) in [6.45, 7) is 0. The Morgan fingerprint density at radius 1 is 1.47 bits per heavy atom. The first kappa shape index (κ1) is 15.1. The van der Waals surface area contributed by atoms with Crippen LogP contribution >= 0.6 is 0 Å². The SMILES string of the molecule is COC(=O)CC(N)c1cc(OC(F)(F)F)ccc1O. The molecular weight excluding hydrogens is 267 g/mol. The first-order chi connectivity index (χ1) is 8.73. The van der Waals surface area contributed by atoms with Crippen molar-refractivity contribution in [2.45, 2.75) is 18.8 Å². The number of phenolic OH excluding ortho intramolecular Hbond substituents is 1. The van der Waals surface area contributed by atoms with E-state index < -0.39 is 24.1 Å². The van der Waals surface area contributed by atoms with Gasteiger partial charge in [-0.05, 0) is 18.2 Å². The minimum absolute atomic E-state index is 0.0350. The average Bonchev–Trinajstić information content (AvgIpc) is 2.29. The number of halogens is 3. The minimum atomic E-state index is -4.85. The van der Waals surface area contributed by atoms with Gasteiger partial charge in [0, 0.05) is 11.6 Å². The van der Waals surface area contributed by atoms with Gasteiger partial charge in [0.2, 0.25) is 0 Å². The van der Waals surface area contributed by atoms with Crippen molar-refractivity contribution >= 4 is 5.97 Å². The highest BCUT2D eigenvalue weighted by molar-refractivity contribution is 5.70. The third kappa shape index (κ3) is 4.66. The van der Waals surface area contributed by atoms with Gasteiger partial charge in [0.05, 0.1) is 13.5 Å². The van der Waals surface area contributed by atoms with Crippen LogP contribution < -0.4 is 10.5 Å². The molecule has 0 bridgehead atoms. The maximum atomic E-state index is 12.0. The highest BCUT2D eigenvalue weighted by Gasteiger charge is 2.31. The molecule has 5 nitrogen and oxygen atoms in total. The Kier molecular flexibility index (Phi) is 4.60. The van der Waals surface area contributed by atoms with Crippen LogP contribution in [-0.2, 0) is 9.53 Å². The van der Waals surface area contributed by atoms with Crippen molar-refractivity contribution in [3.8, 4) is 11.5 Å². The Bertz CT molecular complexity index is 462. The van der Waals surface area contributed by atoms with Crippen LogP contribution in [-0.4, -0.2) is 24.5 Å². The van der Waals surface area contributed by atoms with Crippen molar-refractivity contribution in [1.29, 1.82) is 0 Å². The van der Waals surface area contributed by atoms with Gasteiger partial charge < -0.3 is 20.3 Å². The first-order valence-corrected chi connectivity index (χ1v) is 5.14. The lowest BCUT2D eigenvalue weighted by atomic mass is 10.0. The lowest BCUT2D eigenvalue weighted by Crippen LogP contribution is -2.19. The second-order valence-electron chi connectivity index (χ2n) is 3.66. The monoisotopic (exact) mass is 279 g/mol. The number of hydrogen-bond acceptors (Lipinski definition) is 5. The summed E-state index contributed by atoms with van der Waals surface area (Å²) >= 11 is 0. The molecule has 0 aromatic heterocycles. The molecule has 1 aromatic rings. The van der Waals surface area contributed by atoms with Gasteiger partial charge in [0.1, 0.15) is 11.5 Å². The van der Waals surface area contributed by atoms with E-state index in [-0.39, 0.29) is 17.7 Å². The number of rotatable bonds is 4. The van der Waals surface area contributed by atoms with Gasteiger partial charge in [0.25, 0.3) is 0 Å². The molecule has 0 amide bonds. The summed E-state index contributed by atoms with van der Waals surface area (Å²) in [6.07, 6.45) is -5.12. The molecule has 0 aliphatic heterocycles. The smallest absolute Gasteiger partial charge is 0.508 e. The summed E-state index contributed by atoms with van der Waals surface area (Å²) in [5.74, 6) is -1.50. The van der Waals surface area contributed by atoms with E-state index in [0.29, 0.717) is 0 Å².